The molecule has 0 bridgehead atoms. The van der Waals surface area contributed by atoms with Gasteiger partial charge in [0.1, 0.15) is 0 Å². The lowest BCUT2D eigenvalue weighted by Crippen LogP contribution is -2.30. The van der Waals surface area contributed by atoms with E-state index in [0.717, 1.165) is 57.4 Å². The fraction of sp³-hybridized carbons (Fsp3) is 0.750. The minimum absolute atomic E-state index is 0.0302. The van der Waals surface area contributed by atoms with Crippen molar-refractivity contribution >= 4 is 17.9 Å². The van der Waals surface area contributed by atoms with Gasteiger partial charge in [-0.2, -0.15) is 0 Å². The van der Waals surface area contributed by atoms with E-state index in [9.17, 15) is 14.4 Å². The van der Waals surface area contributed by atoms with E-state index < -0.39 is 11.9 Å². The van der Waals surface area contributed by atoms with Gasteiger partial charge in [0.2, 0.25) is 0 Å². The Bertz CT molecular complexity index is 498. The van der Waals surface area contributed by atoms with E-state index in [1.807, 2.05) is 0 Å². The molecule has 0 saturated heterocycles. The molecule has 0 spiro atoms. The number of ether oxygens (including phenoxy) is 2. The van der Waals surface area contributed by atoms with Crippen LogP contribution in [0.3, 0.4) is 0 Å². The Morgan fingerprint density at radius 1 is 0.846 bits per heavy atom. The molecule has 0 aromatic heterocycles. The number of rotatable bonds is 8. The second kappa shape index (κ2) is 10.3. The number of esters is 2. The summed E-state index contributed by atoms with van der Waals surface area (Å²) in [5, 5.41) is 9.09. The van der Waals surface area contributed by atoms with E-state index in [-0.39, 0.29) is 31.0 Å². The number of aliphatic carboxylic acids is 1. The molecule has 6 nitrogen and oxygen atoms in total. The predicted molar refractivity (Wildman–Crippen MR) is 95.3 cm³/mol. The molecule has 0 aromatic rings. The minimum Gasteiger partial charge on any atom is -0.481 e. The monoisotopic (exact) mass is 366 g/mol. The molecule has 0 atom stereocenters. The van der Waals surface area contributed by atoms with Crippen LogP contribution in [0.4, 0.5) is 0 Å². The molecular formula is C20H30O6. The molecule has 0 heterocycles. The van der Waals surface area contributed by atoms with Gasteiger partial charge in [-0.25, -0.2) is 4.79 Å². The first kappa shape index (κ1) is 20.5. The lowest BCUT2D eigenvalue weighted by molar-refractivity contribution is -0.151. The standard InChI is InChI=1S/C20H30O6/c1-2-18(21)25-12-3-13-26-20(24)17-10-6-15(7-11-17)14-4-8-16(9-5-14)19(22)23/h2,14-17H,1,3-13H2,(H,22,23). The molecule has 0 aromatic carbocycles. The van der Waals surface area contributed by atoms with Gasteiger partial charge in [0.05, 0.1) is 25.0 Å². The lowest BCUT2D eigenvalue weighted by atomic mass is 9.69. The van der Waals surface area contributed by atoms with Gasteiger partial charge in [-0.3, -0.25) is 9.59 Å². The Labute approximate surface area is 154 Å². The Hall–Kier alpha value is -1.85. The van der Waals surface area contributed by atoms with Gasteiger partial charge in [0.15, 0.2) is 0 Å². The number of carbonyl (C=O) groups is 3. The van der Waals surface area contributed by atoms with E-state index in [1.54, 1.807) is 0 Å². The summed E-state index contributed by atoms with van der Waals surface area (Å²) in [6, 6.07) is 0. The maximum atomic E-state index is 12.1. The van der Waals surface area contributed by atoms with Crippen molar-refractivity contribution in [2.24, 2.45) is 23.7 Å². The average molecular weight is 366 g/mol. The Morgan fingerprint density at radius 3 is 1.85 bits per heavy atom. The quantitative estimate of drug-likeness (QED) is 0.402. The highest BCUT2D eigenvalue weighted by Crippen LogP contribution is 2.41. The van der Waals surface area contributed by atoms with E-state index in [4.69, 9.17) is 14.6 Å². The van der Waals surface area contributed by atoms with Crippen molar-refractivity contribution in [3.8, 4) is 0 Å². The number of hydrogen-bond acceptors (Lipinski definition) is 5. The first-order valence-corrected chi connectivity index (χ1v) is 9.70. The third kappa shape index (κ3) is 6.15. The topological polar surface area (TPSA) is 89.9 Å². The Balaban J connectivity index is 1.60. The highest BCUT2D eigenvalue weighted by atomic mass is 16.5. The SMILES string of the molecule is C=CC(=O)OCCCOC(=O)C1CCC(C2CCC(C(=O)O)CC2)CC1. The maximum Gasteiger partial charge on any atom is 0.330 e. The van der Waals surface area contributed by atoms with Crippen molar-refractivity contribution in [2.75, 3.05) is 13.2 Å². The number of carboxylic acids is 1. The fourth-order valence-corrected chi connectivity index (χ4v) is 4.25. The zero-order valence-electron chi connectivity index (χ0n) is 15.4. The van der Waals surface area contributed by atoms with Crippen molar-refractivity contribution in [1.29, 1.82) is 0 Å². The molecule has 2 fully saturated rings. The second-order valence-electron chi connectivity index (χ2n) is 7.45. The molecule has 0 unspecified atom stereocenters. The van der Waals surface area contributed by atoms with Gasteiger partial charge in [-0.1, -0.05) is 6.58 Å². The predicted octanol–water partition coefficient (Wildman–Crippen LogP) is 3.35. The van der Waals surface area contributed by atoms with E-state index >= 15 is 0 Å². The largest absolute Gasteiger partial charge is 0.481 e. The number of carboxylic acid groups (broad SMARTS) is 1. The molecule has 6 heteroatoms. The molecule has 0 aliphatic heterocycles. The van der Waals surface area contributed by atoms with Crippen LogP contribution >= 0.6 is 0 Å². The van der Waals surface area contributed by atoms with Gasteiger partial charge in [0, 0.05) is 12.5 Å². The average Bonchev–Trinajstić information content (AvgIpc) is 2.67. The minimum atomic E-state index is -0.658. The number of carbonyl (C=O) groups excluding carboxylic acids is 2. The van der Waals surface area contributed by atoms with E-state index in [1.165, 1.54) is 0 Å². The first-order chi connectivity index (χ1) is 12.5. The highest BCUT2D eigenvalue weighted by Gasteiger charge is 2.34. The smallest absolute Gasteiger partial charge is 0.330 e. The second-order valence-corrected chi connectivity index (χ2v) is 7.45. The zero-order chi connectivity index (χ0) is 18.9. The summed E-state index contributed by atoms with van der Waals surface area (Å²) in [5.41, 5.74) is 0. The molecule has 2 rings (SSSR count). The molecule has 1 N–H and O–H groups in total. The summed E-state index contributed by atoms with van der Waals surface area (Å²) >= 11 is 0. The normalized spacial score (nSPS) is 28.8. The summed E-state index contributed by atoms with van der Waals surface area (Å²) in [5.74, 6) is -0.232. The third-order valence-corrected chi connectivity index (χ3v) is 5.84. The third-order valence-electron chi connectivity index (χ3n) is 5.84. The van der Waals surface area contributed by atoms with Crippen LogP contribution in [-0.4, -0.2) is 36.2 Å². The molecular weight excluding hydrogens is 336 g/mol. The van der Waals surface area contributed by atoms with Gasteiger partial charge < -0.3 is 14.6 Å². The molecule has 0 radical (unpaired) electrons. The van der Waals surface area contributed by atoms with E-state index in [0.29, 0.717) is 18.3 Å². The summed E-state index contributed by atoms with van der Waals surface area (Å²) in [6.07, 6.45) is 8.95. The molecule has 2 saturated carbocycles. The lowest BCUT2D eigenvalue weighted by Gasteiger charge is -2.36. The summed E-state index contributed by atoms with van der Waals surface area (Å²) < 4.78 is 10.1. The molecule has 146 valence electrons. The van der Waals surface area contributed by atoms with Crippen molar-refractivity contribution in [2.45, 2.75) is 57.8 Å². The molecule has 2 aliphatic rings. The van der Waals surface area contributed by atoms with Gasteiger partial charge in [-0.15, -0.1) is 0 Å². The van der Waals surface area contributed by atoms with Crippen molar-refractivity contribution in [3.05, 3.63) is 12.7 Å². The fourth-order valence-electron chi connectivity index (χ4n) is 4.25. The van der Waals surface area contributed by atoms with Gasteiger partial charge >= 0.3 is 17.9 Å². The Morgan fingerprint density at radius 2 is 1.35 bits per heavy atom. The van der Waals surface area contributed by atoms with Crippen molar-refractivity contribution < 1.29 is 29.0 Å². The maximum absolute atomic E-state index is 12.1. The zero-order valence-corrected chi connectivity index (χ0v) is 15.4. The molecule has 0 amide bonds. The van der Waals surface area contributed by atoms with Crippen molar-refractivity contribution in [3.63, 3.8) is 0 Å². The van der Waals surface area contributed by atoms with Crippen LogP contribution in [0.1, 0.15) is 57.8 Å². The molecule has 2 aliphatic carbocycles. The summed E-state index contributed by atoms with van der Waals surface area (Å²) in [4.78, 5) is 34.1. The van der Waals surface area contributed by atoms with Crippen LogP contribution in [0.15, 0.2) is 12.7 Å². The van der Waals surface area contributed by atoms with Crippen LogP contribution in [0.2, 0.25) is 0 Å². The first-order valence-electron chi connectivity index (χ1n) is 9.70. The van der Waals surface area contributed by atoms with Crippen LogP contribution in [0.25, 0.3) is 0 Å². The highest BCUT2D eigenvalue weighted by molar-refractivity contribution is 5.81. The van der Waals surface area contributed by atoms with Crippen LogP contribution in [-0.2, 0) is 23.9 Å². The summed E-state index contributed by atoms with van der Waals surface area (Å²) in [6.45, 7) is 3.81. The van der Waals surface area contributed by atoms with E-state index in [2.05, 4.69) is 6.58 Å². The van der Waals surface area contributed by atoms with Crippen LogP contribution in [0, 0.1) is 23.7 Å². The molecule has 26 heavy (non-hydrogen) atoms. The van der Waals surface area contributed by atoms with Gasteiger partial charge in [-0.05, 0) is 63.2 Å². The van der Waals surface area contributed by atoms with Crippen LogP contribution < -0.4 is 0 Å². The van der Waals surface area contributed by atoms with Gasteiger partial charge in [0.25, 0.3) is 0 Å². The Kier molecular flexibility index (Phi) is 8.13. The summed E-state index contributed by atoms with van der Waals surface area (Å²) in [7, 11) is 0. The van der Waals surface area contributed by atoms with Crippen LogP contribution in [0.5, 0.6) is 0 Å². The van der Waals surface area contributed by atoms with Crippen molar-refractivity contribution in [1.82, 2.24) is 0 Å². The number of hydrogen-bond donors (Lipinski definition) is 1.